The molecule has 1 aliphatic heterocycles. The first kappa shape index (κ1) is 25.4. The summed E-state index contributed by atoms with van der Waals surface area (Å²) in [7, 11) is 3.52. The zero-order valence-corrected chi connectivity index (χ0v) is 20.0. The highest BCUT2D eigenvalue weighted by Gasteiger charge is 2.36. The molecule has 0 aromatic heterocycles. The molecular formula is C27H37NO5. The minimum absolute atomic E-state index is 0.0406. The van der Waals surface area contributed by atoms with Crippen molar-refractivity contribution in [3.63, 3.8) is 0 Å². The van der Waals surface area contributed by atoms with E-state index < -0.39 is 12.0 Å². The van der Waals surface area contributed by atoms with Crippen molar-refractivity contribution in [3.05, 3.63) is 71.8 Å². The Morgan fingerprint density at radius 3 is 2.21 bits per heavy atom. The van der Waals surface area contributed by atoms with Crippen molar-refractivity contribution in [1.29, 1.82) is 0 Å². The molecule has 3 rings (SSSR count). The molecule has 4 atom stereocenters. The minimum atomic E-state index is -0.508. The average molecular weight is 456 g/mol. The lowest BCUT2D eigenvalue weighted by Gasteiger charge is -2.35. The minimum Gasteiger partial charge on any atom is -0.376 e. The van der Waals surface area contributed by atoms with Gasteiger partial charge in [0.2, 0.25) is 5.91 Å². The Hall–Kier alpha value is -2.25. The van der Waals surface area contributed by atoms with Crippen LogP contribution in [0.15, 0.2) is 60.7 Å². The van der Waals surface area contributed by atoms with Crippen molar-refractivity contribution < 1.29 is 23.7 Å². The second kappa shape index (κ2) is 13.5. The molecule has 0 N–H and O–H groups in total. The van der Waals surface area contributed by atoms with Gasteiger partial charge in [-0.25, -0.2) is 0 Å². The first-order chi connectivity index (χ1) is 16.0. The SMILES string of the molecule is CC(OC1CCCCO1)[C@@H](OCc1ccccc1)[C@H](COCc1ccccc1)C(=O)N(C)C. The summed E-state index contributed by atoms with van der Waals surface area (Å²) in [6, 6.07) is 19.9. The number of ether oxygens (including phenoxy) is 4. The molecule has 1 amide bonds. The van der Waals surface area contributed by atoms with Crippen LogP contribution in [0.4, 0.5) is 0 Å². The molecular weight excluding hydrogens is 418 g/mol. The fourth-order valence-electron chi connectivity index (χ4n) is 4.00. The van der Waals surface area contributed by atoms with Gasteiger partial charge in [0.25, 0.3) is 0 Å². The summed E-state index contributed by atoms with van der Waals surface area (Å²) in [5.74, 6) is -0.549. The number of rotatable bonds is 12. The van der Waals surface area contributed by atoms with Crippen LogP contribution in [0.25, 0.3) is 0 Å². The molecule has 1 saturated heterocycles. The fraction of sp³-hybridized carbons (Fsp3) is 0.519. The van der Waals surface area contributed by atoms with E-state index in [1.807, 2.05) is 67.6 Å². The van der Waals surface area contributed by atoms with Crippen molar-refractivity contribution in [2.75, 3.05) is 27.3 Å². The summed E-state index contributed by atoms with van der Waals surface area (Å²) in [6.45, 7) is 3.73. The van der Waals surface area contributed by atoms with Gasteiger partial charge in [-0.05, 0) is 37.3 Å². The molecule has 180 valence electrons. The smallest absolute Gasteiger partial charge is 0.230 e. The van der Waals surface area contributed by atoms with Gasteiger partial charge in [-0.2, -0.15) is 0 Å². The lowest BCUT2D eigenvalue weighted by Crippen LogP contribution is -2.47. The Morgan fingerprint density at radius 2 is 1.64 bits per heavy atom. The van der Waals surface area contributed by atoms with Crippen LogP contribution < -0.4 is 0 Å². The molecule has 2 aromatic rings. The number of carbonyl (C=O) groups excluding carboxylic acids is 1. The second-order valence-electron chi connectivity index (χ2n) is 8.74. The Kier molecular flexibility index (Phi) is 10.3. The topological polar surface area (TPSA) is 57.2 Å². The molecule has 0 spiro atoms. The van der Waals surface area contributed by atoms with E-state index in [0.29, 0.717) is 19.8 Å². The van der Waals surface area contributed by atoms with Crippen molar-refractivity contribution in [3.8, 4) is 0 Å². The van der Waals surface area contributed by atoms with Crippen molar-refractivity contribution in [1.82, 2.24) is 4.90 Å². The van der Waals surface area contributed by atoms with Crippen LogP contribution in [0.5, 0.6) is 0 Å². The van der Waals surface area contributed by atoms with E-state index in [4.69, 9.17) is 18.9 Å². The maximum atomic E-state index is 13.2. The van der Waals surface area contributed by atoms with Crippen LogP contribution in [0, 0.1) is 5.92 Å². The monoisotopic (exact) mass is 455 g/mol. The lowest BCUT2D eigenvalue weighted by atomic mass is 9.97. The molecule has 2 unspecified atom stereocenters. The highest BCUT2D eigenvalue weighted by Crippen LogP contribution is 2.24. The van der Waals surface area contributed by atoms with Gasteiger partial charge in [0, 0.05) is 20.7 Å². The predicted octanol–water partition coefficient (Wildman–Crippen LogP) is 4.42. The number of benzene rings is 2. The average Bonchev–Trinajstić information content (AvgIpc) is 2.84. The number of nitrogens with zero attached hydrogens (tertiary/aromatic N) is 1. The molecule has 0 radical (unpaired) electrons. The van der Waals surface area contributed by atoms with E-state index in [0.717, 1.165) is 30.4 Å². The third kappa shape index (κ3) is 8.23. The van der Waals surface area contributed by atoms with Gasteiger partial charge in [-0.15, -0.1) is 0 Å². The third-order valence-corrected chi connectivity index (χ3v) is 5.82. The van der Waals surface area contributed by atoms with Crippen LogP contribution in [0.2, 0.25) is 0 Å². The molecule has 6 heteroatoms. The Labute approximate surface area is 197 Å². The molecule has 2 aromatic carbocycles. The van der Waals surface area contributed by atoms with Gasteiger partial charge in [0.05, 0.1) is 37.9 Å². The summed E-state index contributed by atoms with van der Waals surface area (Å²) >= 11 is 0. The zero-order chi connectivity index (χ0) is 23.5. The summed E-state index contributed by atoms with van der Waals surface area (Å²) in [6.07, 6.45) is 1.89. The highest BCUT2D eigenvalue weighted by atomic mass is 16.7. The molecule has 1 aliphatic rings. The first-order valence-electron chi connectivity index (χ1n) is 11.8. The van der Waals surface area contributed by atoms with Crippen molar-refractivity contribution >= 4 is 5.91 Å². The van der Waals surface area contributed by atoms with Gasteiger partial charge in [-0.3, -0.25) is 4.79 Å². The van der Waals surface area contributed by atoms with E-state index in [9.17, 15) is 4.79 Å². The number of hydrogen-bond donors (Lipinski definition) is 0. The van der Waals surface area contributed by atoms with Crippen LogP contribution in [0.3, 0.4) is 0 Å². The van der Waals surface area contributed by atoms with Gasteiger partial charge in [0.1, 0.15) is 0 Å². The standard InChI is InChI=1S/C27H37NO5/c1-21(33-25-16-10-11-17-31-25)26(32-19-23-14-8-5-9-15-23)24(27(29)28(2)3)20-30-18-22-12-6-4-7-13-22/h4-9,12-15,21,24-26H,10-11,16-20H2,1-3H3/t21?,24-,25?,26+/m0/s1. The number of carbonyl (C=O) groups is 1. The summed E-state index contributed by atoms with van der Waals surface area (Å²) in [5.41, 5.74) is 2.11. The quantitative estimate of drug-likeness (QED) is 0.474. The molecule has 1 heterocycles. The highest BCUT2D eigenvalue weighted by molar-refractivity contribution is 5.79. The summed E-state index contributed by atoms with van der Waals surface area (Å²) in [5, 5.41) is 0. The summed E-state index contributed by atoms with van der Waals surface area (Å²) in [4.78, 5) is 14.8. The van der Waals surface area contributed by atoms with Crippen molar-refractivity contribution in [2.24, 2.45) is 5.92 Å². The largest absolute Gasteiger partial charge is 0.376 e. The van der Waals surface area contributed by atoms with Crippen LogP contribution in [0.1, 0.15) is 37.3 Å². The van der Waals surface area contributed by atoms with Gasteiger partial charge in [0.15, 0.2) is 6.29 Å². The van der Waals surface area contributed by atoms with Gasteiger partial charge >= 0.3 is 0 Å². The Bertz CT molecular complexity index is 808. The molecule has 33 heavy (non-hydrogen) atoms. The number of amides is 1. The van der Waals surface area contributed by atoms with E-state index in [2.05, 4.69) is 0 Å². The zero-order valence-electron chi connectivity index (χ0n) is 20.0. The normalized spacial score (nSPS) is 18.9. The third-order valence-electron chi connectivity index (χ3n) is 5.82. The Morgan fingerprint density at radius 1 is 1.00 bits per heavy atom. The van der Waals surface area contributed by atoms with E-state index in [1.54, 1.807) is 19.0 Å². The molecule has 0 aliphatic carbocycles. The van der Waals surface area contributed by atoms with Gasteiger partial charge < -0.3 is 23.8 Å². The lowest BCUT2D eigenvalue weighted by molar-refractivity contribution is -0.218. The second-order valence-corrected chi connectivity index (χ2v) is 8.74. The van der Waals surface area contributed by atoms with Crippen LogP contribution in [-0.2, 0) is 37.0 Å². The maximum Gasteiger partial charge on any atom is 0.230 e. The number of hydrogen-bond acceptors (Lipinski definition) is 5. The maximum absolute atomic E-state index is 13.2. The van der Waals surface area contributed by atoms with E-state index in [-0.39, 0.29) is 24.9 Å². The van der Waals surface area contributed by atoms with Gasteiger partial charge in [-0.1, -0.05) is 60.7 Å². The Balaban J connectivity index is 1.73. The first-order valence-corrected chi connectivity index (χ1v) is 11.8. The molecule has 0 bridgehead atoms. The van der Waals surface area contributed by atoms with Crippen LogP contribution >= 0.6 is 0 Å². The van der Waals surface area contributed by atoms with E-state index >= 15 is 0 Å². The van der Waals surface area contributed by atoms with Crippen LogP contribution in [-0.4, -0.2) is 56.6 Å². The molecule has 0 saturated carbocycles. The predicted molar refractivity (Wildman–Crippen MR) is 127 cm³/mol. The molecule has 6 nitrogen and oxygen atoms in total. The van der Waals surface area contributed by atoms with E-state index in [1.165, 1.54) is 0 Å². The van der Waals surface area contributed by atoms with Crippen molar-refractivity contribution in [2.45, 2.75) is 57.9 Å². The summed E-state index contributed by atoms with van der Waals surface area (Å²) < 4.78 is 24.4. The molecule has 1 fully saturated rings. The fourth-order valence-corrected chi connectivity index (χ4v) is 4.00.